The normalized spacial score (nSPS) is 22.5. The maximum atomic E-state index is 12.8. The van der Waals surface area contributed by atoms with Gasteiger partial charge in [0.15, 0.2) is 0 Å². The van der Waals surface area contributed by atoms with E-state index in [0.717, 1.165) is 6.42 Å². The number of methoxy groups -OCH3 is 1. The van der Waals surface area contributed by atoms with Crippen LogP contribution in [0.25, 0.3) is 0 Å². The molecule has 1 fully saturated rings. The van der Waals surface area contributed by atoms with E-state index in [1.165, 1.54) is 7.11 Å². The van der Waals surface area contributed by atoms with Crippen LogP contribution in [0.3, 0.4) is 0 Å². The Morgan fingerprint density at radius 3 is 2.61 bits per heavy atom. The first-order valence-corrected chi connectivity index (χ1v) is 9.62. The summed E-state index contributed by atoms with van der Waals surface area (Å²) in [6.07, 6.45) is 2.13. The van der Waals surface area contributed by atoms with Crippen LogP contribution in [0, 0.1) is 11.8 Å². The van der Waals surface area contributed by atoms with Crippen molar-refractivity contribution in [2.45, 2.75) is 52.7 Å². The van der Waals surface area contributed by atoms with Gasteiger partial charge in [-0.15, -0.1) is 5.10 Å². The van der Waals surface area contributed by atoms with Gasteiger partial charge in [0.2, 0.25) is 0 Å². The molecule has 0 radical (unpaired) electrons. The van der Waals surface area contributed by atoms with E-state index in [0.29, 0.717) is 30.6 Å². The van der Waals surface area contributed by atoms with E-state index in [4.69, 9.17) is 9.47 Å². The van der Waals surface area contributed by atoms with Crippen LogP contribution in [-0.4, -0.2) is 58.6 Å². The predicted molar refractivity (Wildman–Crippen MR) is 106 cm³/mol. The Kier molecular flexibility index (Phi) is 6.79. The van der Waals surface area contributed by atoms with E-state index in [1.807, 2.05) is 27.7 Å². The molecular weight excluding hydrogens is 362 g/mol. The van der Waals surface area contributed by atoms with Crippen molar-refractivity contribution < 1.29 is 19.1 Å². The smallest absolute Gasteiger partial charge is 0.407 e. The van der Waals surface area contributed by atoms with Gasteiger partial charge >= 0.3 is 12.1 Å². The molecule has 3 unspecified atom stereocenters. The van der Waals surface area contributed by atoms with Crippen molar-refractivity contribution in [3.8, 4) is 5.88 Å². The summed E-state index contributed by atoms with van der Waals surface area (Å²) in [5.41, 5.74) is -0.00452. The lowest BCUT2D eigenvalue weighted by molar-refractivity contribution is 0.0487. The number of alkyl carbamates (subject to hydrolysis) is 1. The van der Waals surface area contributed by atoms with Gasteiger partial charge in [-0.05, 0) is 46.0 Å². The summed E-state index contributed by atoms with van der Waals surface area (Å²) in [4.78, 5) is 26.6. The van der Waals surface area contributed by atoms with Gasteiger partial charge in [0.05, 0.1) is 13.3 Å². The fourth-order valence-electron chi connectivity index (χ4n) is 3.44. The summed E-state index contributed by atoms with van der Waals surface area (Å²) < 4.78 is 12.1. The van der Waals surface area contributed by atoms with E-state index < -0.39 is 11.7 Å². The van der Waals surface area contributed by atoms with Crippen molar-refractivity contribution in [1.82, 2.24) is 20.0 Å². The van der Waals surface area contributed by atoms with Gasteiger partial charge < -0.3 is 25.0 Å². The second-order valence-electron chi connectivity index (χ2n) is 8.51. The van der Waals surface area contributed by atoms with Crippen molar-refractivity contribution in [3.05, 3.63) is 6.20 Å². The minimum atomic E-state index is -0.536. The third kappa shape index (κ3) is 5.77. The summed E-state index contributed by atoms with van der Waals surface area (Å²) in [6.45, 7) is 10.7. The number of anilines is 1. The molecule has 0 saturated carbocycles. The van der Waals surface area contributed by atoms with Crippen molar-refractivity contribution in [2.24, 2.45) is 18.9 Å². The standard InChI is InChI=1S/C19H33N5O4/c1-12-8-13(2)24(10-14(12)9-20-18(26)28-19(3,4)5)17(25)21-15-11-23(6)22-16(15)27-7/h11-14H,8-10H2,1-7H3,(H,20,26)(H,21,25). The molecule has 3 atom stereocenters. The molecule has 0 spiro atoms. The first-order chi connectivity index (χ1) is 13.0. The van der Waals surface area contributed by atoms with E-state index in [9.17, 15) is 9.59 Å². The number of nitrogens with one attached hydrogen (secondary N) is 2. The molecule has 158 valence electrons. The number of carbonyl (C=O) groups is 2. The minimum Gasteiger partial charge on any atom is -0.478 e. The average Bonchev–Trinajstić information content (AvgIpc) is 2.91. The molecule has 1 aromatic rings. The topological polar surface area (TPSA) is 97.7 Å². The zero-order chi connectivity index (χ0) is 21.1. The monoisotopic (exact) mass is 395 g/mol. The SMILES string of the molecule is COc1nn(C)cc1NC(=O)N1CC(CNC(=O)OC(C)(C)C)C(C)CC1C. The second-order valence-corrected chi connectivity index (χ2v) is 8.51. The number of urea groups is 1. The highest BCUT2D eigenvalue weighted by atomic mass is 16.6. The van der Waals surface area contributed by atoms with Gasteiger partial charge in [-0.25, -0.2) is 9.59 Å². The first kappa shape index (κ1) is 21.8. The van der Waals surface area contributed by atoms with Crippen LogP contribution in [-0.2, 0) is 11.8 Å². The number of nitrogens with zero attached hydrogens (tertiary/aromatic N) is 3. The van der Waals surface area contributed by atoms with Crippen LogP contribution in [0.1, 0.15) is 41.0 Å². The van der Waals surface area contributed by atoms with Gasteiger partial charge in [-0.2, -0.15) is 0 Å². The van der Waals surface area contributed by atoms with Crippen LogP contribution in [0.15, 0.2) is 6.20 Å². The molecule has 28 heavy (non-hydrogen) atoms. The van der Waals surface area contributed by atoms with Gasteiger partial charge in [0.25, 0.3) is 5.88 Å². The van der Waals surface area contributed by atoms with Crippen molar-refractivity contribution in [2.75, 3.05) is 25.5 Å². The number of likely N-dealkylation sites (tertiary alicyclic amines) is 1. The minimum absolute atomic E-state index is 0.0930. The Morgan fingerprint density at radius 2 is 2.00 bits per heavy atom. The summed E-state index contributed by atoms with van der Waals surface area (Å²) in [5.74, 6) is 0.893. The first-order valence-electron chi connectivity index (χ1n) is 9.62. The van der Waals surface area contributed by atoms with Crippen LogP contribution < -0.4 is 15.4 Å². The van der Waals surface area contributed by atoms with Crippen molar-refractivity contribution in [1.29, 1.82) is 0 Å². The number of piperidine rings is 1. The zero-order valence-electron chi connectivity index (χ0n) is 17.9. The number of ether oxygens (including phenoxy) is 2. The van der Waals surface area contributed by atoms with E-state index in [2.05, 4.69) is 22.7 Å². The third-order valence-electron chi connectivity index (χ3n) is 4.88. The van der Waals surface area contributed by atoms with Gasteiger partial charge in [-0.3, -0.25) is 4.68 Å². The maximum absolute atomic E-state index is 12.8. The number of carbonyl (C=O) groups excluding carboxylic acids is 2. The molecule has 2 heterocycles. The highest BCUT2D eigenvalue weighted by molar-refractivity contribution is 5.90. The van der Waals surface area contributed by atoms with Gasteiger partial charge in [-0.1, -0.05) is 6.92 Å². The molecule has 0 aliphatic carbocycles. The Morgan fingerprint density at radius 1 is 1.32 bits per heavy atom. The highest BCUT2D eigenvalue weighted by Gasteiger charge is 2.34. The van der Waals surface area contributed by atoms with Crippen LogP contribution >= 0.6 is 0 Å². The zero-order valence-corrected chi connectivity index (χ0v) is 17.9. The fraction of sp³-hybridized carbons (Fsp3) is 0.737. The largest absolute Gasteiger partial charge is 0.478 e. The molecular formula is C19H33N5O4. The lowest BCUT2D eigenvalue weighted by Crippen LogP contribution is -2.52. The Labute approximate surface area is 166 Å². The second kappa shape index (κ2) is 8.70. The molecule has 3 amide bonds. The predicted octanol–water partition coefficient (Wildman–Crippen LogP) is 2.83. The third-order valence-corrected chi connectivity index (χ3v) is 4.88. The quantitative estimate of drug-likeness (QED) is 0.817. The number of hydrogen-bond acceptors (Lipinski definition) is 5. The summed E-state index contributed by atoms with van der Waals surface area (Å²) in [6, 6.07) is -0.108. The van der Waals surface area contributed by atoms with Crippen LogP contribution in [0.5, 0.6) is 5.88 Å². The molecule has 0 aromatic carbocycles. The van der Waals surface area contributed by atoms with E-state index in [1.54, 1.807) is 22.8 Å². The summed E-state index contributed by atoms with van der Waals surface area (Å²) in [5, 5.41) is 9.86. The average molecular weight is 396 g/mol. The molecule has 2 N–H and O–H groups in total. The molecule has 0 bridgehead atoms. The fourth-order valence-corrected chi connectivity index (χ4v) is 3.44. The molecule has 1 aliphatic heterocycles. The molecule has 1 aliphatic rings. The molecule has 1 saturated heterocycles. The summed E-state index contributed by atoms with van der Waals surface area (Å²) >= 11 is 0. The number of amides is 3. The van der Waals surface area contributed by atoms with Crippen molar-refractivity contribution in [3.63, 3.8) is 0 Å². The Hall–Kier alpha value is -2.45. The molecule has 1 aromatic heterocycles. The van der Waals surface area contributed by atoms with E-state index >= 15 is 0 Å². The van der Waals surface area contributed by atoms with E-state index in [-0.39, 0.29) is 18.0 Å². The lowest BCUT2D eigenvalue weighted by Gasteiger charge is -2.41. The number of rotatable bonds is 4. The summed E-state index contributed by atoms with van der Waals surface area (Å²) in [7, 11) is 3.28. The van der Waals surface area contributed by atoms with Gasteiger partial charge in [0.1, 0.15) is 11.3 Å². The Balaban J connectivity index is 1.98. The number of aromatic nitrogens is 2. The molecule has 9 nitrogen and oxygen atoms in total. The number of aryl methyl sites for hydroxylation is 1. The lowest BCUT2D eigenvalue weighted by atomic mass is 9.83. The highest BCUT2D eigenvalue weighted by Crippen LogP contribution is 2.29. The van der Waals surface area contributed by atoms with Crippen molar-refractivity contribution >= 4 is 17.8 Å². The Bertz CT molecular complexity index is 697. The van der Waals surface area contributed by atoms with Crippen LogP contribution in [0.4, 0.5) is 15.3 Å². The van der Waals surface area contributed by atoms with Crippen LogP contribution in [0.2, 0.25) is 0 Å². The van der Waals surface area contributed by atoms with Gasteiger partial charge in [0, 0.05) is 26.2 Å². The molecule has 2 rings (SSSR count). The molecule has 9 heteroatoms. The number of hydrogen-bond donors (Lipinski definition) is 2. The maximum Gasteiger partial charge on any atom is 0.407 e.